The van der Waals surface area contributed by atoms with E-state index in [4.69, 9.17) is 23.2 Å². The first-order valence-corrected chi connectivity index (χ1v) is 8.11. The van der Waals surface area contributed by atoms with E-state index in [2.05, 4.69) is 29.5 Å². The summed E-state index contributed by atoms with van der Waals surface area (Å²) in [6, 6.07) is 5.92. The summed E-state index contributed by atoms with van der Waals surface area (Å²) in [6.07, 6.45) is 3.64. The monoisotopic (exact) mass is 312 g/mol. The molecule has 0 radical (unpaired) electrons. The molecular formula is C16H22Cl2N2. The summed E-state index contributed by atoms with van der Waals surface area (Å²) in [6.45, 7) is 7.44. The lowest BCUT2D eigenvalue weighted by molar-refractivity contribution is 0.507. The van der Waals surface area contributed by atoms with E-state index in [9.17, 15) is 0 Å². The molecular weight excluding hydrogens is 291 g/mol. The van der Waals surface area contributed by atoms with E-state index in [1.54, 1.807) is 0 Å². The number of halogens is 2. The van der Waals surface area contributed by atoms with Gasteiger partial charge in [0.2, 0.25) is 0 Å². The summed E-state index contributed by atoms with van der Waals surface area (Å²) in [7, 11) is 0. The number of hydrogen-bond donors (Lipinski definition) is 0. The highest BCUT2D eigenvalue weighted by molar-refractivity contribution is 6.35. The van der Waals surface area contributed by atoms with E-state index in [-0.39, 0.29) is 5.38 Å². The molecule has 110 valence electrons. The highest BCUT2D eigenvalue weighted by atomic mass is 35.5. The van der Waals surface area contributed by atoms with Crippen molar-refractivity contribution in [1.29, 1.82) is 0 Å². The van der Waals surface area contributed by atoms with Gasteiger partial charge < -0.3 is 4.57 Å². The van der Waals surface area contributed by atoms with E-state index < -0.39 is 0 Å². The van der Waals surface area contributed by atoms with Gasteiger partial charge in [-0.1, -0.05) is 44.4 Å². The van der Waals surface area contributed by atoms with Gasteiger partial charge in [0.15, 0.2) is 0 Å². The van der Waals surface area contributed by atoms with Gasteiger partial charge in [-0.15, -0.1) is 11.6 Å². The predicted octanol–water partition coefficient (Wildman–Crippen LogP) is 5.82. The van der Waals surface area contributed by atoms with Crippen LogP contribution >= 0.6 is 23.2 Å². The van der Waals surface area contributed by atoms with Gasteiger partial charge in [0, 0.05) is 6.54 Å². The van der Waals surface area contributed by atoms with Crippen molar-refractivity contribution in [2.75, 3.05) is 0 Å². The Hall–Kier alpha value is -0.730. The van der Waals surface area contributed by atoms with E-state index in [1.807, 2.05) is 19.1 Å². The van der Waals surface area contributed by atoms with Crippen molar-refractivity contribution in [1.82, 2.24) is 9.55 Å². The number of alkyl halides is 1. The van der Waals surface area contributed by atoms with Crippen LogP contribution < -0.4 is 0 Å². The van der Waals surface area contributed by atoms with Crippen LogP contribution in [-0.2, 0) is 6.54 Å². The summed E-state index contributed by atoms with van der Waals surface area (Å²) in [5.41, 5.74) is 1.95. The quantitative estimate of drug-likeness (QED) is 0.485. The molecule has 0 aliphatic rings. The first-order valence-electron chi connectivity index (χ1n) is 7.29. The molecule has 1 atom stereocenters. The third kappa shape index (κ3) is 3.48. The molecule has 4 heteroatoms. The van der Waals surface area contributed by atoms with Gasteiger partial charge in [-0.05, 0) is 31.4 Å². The number of rotatable bonds is 6. The van der Waals surface area contributed by atoms with Gasteiger partial charge in [0.05, 0.1) is 15.9 Å². The summed E-state index contributed by atoms with van der Waals surface area (Å²) >= 11 is 12.5. The number of unbranched alkanes of at least 4 members (excludes halogenated alkanes) is 1. The molecule has 2 aromatic rings. The molecule has 0 aliphatic carbocycles. The molecule has 20 heavy (non-hydrogen) atoms. The lowest BCUT2D eigenvalue weighted by atomic mass is 10.1. The fourth-order valence-electron chi connectivity index (χ4n) is 2.49. The van der Waals surface area contributed by atoms with Crippen molar-refractivity contribution >= 4 is 34.2 Å². The smallest absolute Gasteiger partial charge is 0.127 e. The average Bonchev–Trinajstić information content (AvgIpc) is 2.75. The molecule has 0 bridgehead atoms. The van der Waals surface area contributed by atoms with Crippen molar-refractivity contribution in [2.45, 2.75) is 52.0 Å². The van der Waals surface area contributed by atoms with E-state index in [1.165, 1.54) is 12.8 Å². The van der Waals surface area contributed by atoms with Crippen LogP contribution in [0.5, 0.6) is 0 Å². The van der Waals surface area contributed by atoms with Crippen molar-refractivity contribution in [2.24, 2.45) is 5.92 Å². The molecule has 1 aromatic heterocycles. The first kappa shape index (κ1) is 15.7. The molecule has 1 heterocycles. The third-order valence-corrected chi connectivity index (χ3v) is 4.03. The zero-order chi connectivity index (χ0) is 14.7. The average molecular weight is 313 g/mol. The minimum absolute atomic E-state index is 0.108. The number of nitrogens with zero attached hydrogens (tertiary/aromatic N) is 2. The third-order valence-electron chi connectivity index (χ3n) is 3.53. The molecule has 0 amide bonds. The molecule has 0 saturated carbocycles. The van der Waals surface area contributed by atoms with E-state index >= 15 is 0 Å². The van der Waals surface area contributed by atoms with Gasteiger partial charge in [-0.3, -0.25) is 0 Å². The Bertz CT molecular complexity index is 573. The minimum Gasteiger partial charge on any atom is -0.327 e. The Morgan fingerprint density at radius 1 is 1.20 bits per heavy atom. The van der Waals surface area contributed by atoms with Crippen LogP contribution in [0.15, 0.2) is 18.2 Å². The Morgan fingerprint density at radius 3 is 2.60 bits per heavy atom. The number of benzene rings is 1. The Labute approximate surface area is 131 Å². The summed E-state index contributed by atoms with van der Waals surface area (Å²) < 4.78 is 2.22. The molecule has 0 saturated heterocycles. The van der Waals surface area contributed by atoms with Crippen LogP contribution in [0.3, 0.4) is 0 Å². The number of aryl methyl sites for hydroxylation is 1. The maximum atomic E-state index is 6.27. The molecule has 1 aromatic carbocycles. The number of fused-ring (bicyclic) bond motifs is 1. The summed E-state index contributed by atoms with van der Waals surface area (Å²) in [5.74, 6) is 1.68. The predicted molar refractivity (Wildman–Crippen MR) is 87.7 cm³/mol. The summed E-state index contributed by atoms with van der Waals surface area (Å²) in [5, 5.41) is 0.588. The van der Waals surface area contributed by atoms with Crippen LogP contribution in [0.25, 0.3) is 11.0 Å². The van der Waals surface area contributed by atoms with Gasteiger partial charge in [0.1, 0.15) is 11.3 Å². The second-order valence-corrected chi connectivity index (χ2v) is 6.80. The van der Waals surface area contributed by atoms with E-state index in [0.717, 1.165) is 35.7 Å². The Kier molecular flexibility index (Phi) is 5.34. The van der Waals surface area contributed by atoms with E-state index in [0.29, 0.717) is 5.02 Å². The Balaban J connectivity index is 2.25. The van der Waals surface area contributed by atoms with Crippen LogP contribution in [0.4, 0.5) is 0 Å². The molecule has 2 nitrogen and oxygen atoms in total. The van der Waals surface area contributed by atoms with Gasteiger partial charge in [-0.25, -0.2) is 4.98 Å². The first-order chi connectivity index (χ1) is 9.50. The number of imidazole rings is 1. The normalized spacial score (nSPS) is 13.3. The van der Waals surface area contributed by atoms with Crippen molar-refractivity contribution < 1.29 is 0 Å². The van der Waals surface area contributed by atoms with Crippen molar-refractivity contribution in [3.8, 4) is 0 Å². The van der Waals surface area contributed by atoms with Crippen LogP contribution in [0.1, 0.15) is 51.2 Å². The Morgan fingerprint density at radius 2 is 1.95 bits per heavy atom. The second kappa shape index (κ2) is 6.82. The maximum Gasteiger partial charge on any atom is 0.127 e. The highest BCUT2D eigenvalue weighted by Gasteiger charge is 2.16. The van der Waals surface area contributed by atoms with Gasteiger partial charge >= 0.3 is 0 Å². The van der Waals surface area contributed by atoms with Crippen molar-refractivity contribution in [3.05, 3.63) is 29.0 Å². The minimum atomic E-state index is -0.108. The fraction of sp³-hybridized carbons (Fsp3) is 0.562. The summed E-state index contributed by atoms with van der Waals surface area (Å²) in [4.78, 5) is 4.62. The molecule has 0 fully saturated rings. The molecule has 0 N–H and O–H groups in total. The van der Waals surface area contributed by atoms with Crippen LogP contribution in [0.2, 0.25) is 5.02 Å². The zero-order valence-electron chi connectivity index (χ0n) is 12.4. The number of aromatic nitrogens is 2. The molecule has 0 aliphatic heterocycles. The lowest BCUT2D eigenvalue weighted by Gasteiger charge is -2.11. The standard InChI is InChI=1S/C16H22Cl2N2/c1-11(2)7-4-5-10-20-14-9-6-8-13(18)15(14)19-16(20)12(3)17/h6,8-9,11-12H,4-5,7,10H2,1-3H3. The lowest BCUT2D eigenvalue weighted by Crippen LogP contribution is -2.05. The van der Waals surface area contributed by atoms with Crippen LogP contribution in [0, 0.1) is 5.92 Å². The van der Waals surface area contributed by atoms with Gasteiger partial charge in [0.25, 0.3) is 0 Å². The van der Waals surface area contributed by atoms with Crippen molar-refractivity contribution in [3.63, 3.8) is 0 Å². The van der Waals surface area contributed by atoms with Crippen LogP contribution in [-0.4, -0.2) is 9.55 Å². The highest BCUT2D eigenvalue weighted by Crippen LogP contribution is 2.29. The molecule has 0 spiro atoms. The molecule has 1 unspecified atom stereocenters. The fourth-order valence-corrected chi connectivity index (χ4v) is 2.87. The largest absolute Gasteiger partial charge is 0.327 e. The zero-order valence-corrected chi connectivity index (χ0v) is 13.9. The SMILES string of the molecule is CC(C)CCCCn1c(C(C)Cl)nc2c(Cl)cccc21. The topological polar surface area (TPSA) is 17.8 Å². The van der Waals surface area contributed by atoms with Gasteiger partial charge in [-0.2, -0.15) is 0 Å². The number of hydrogen-bond acceptors (Lipinski definition) is 1. The maximum absolute atomic E-state index is 6.27. The second-order valence-electron chi connectivity index (χ2n) is 5.73. The molecule has 2 rings (SSSR count). The number of para-hydroxylation sites is 1.